The van der Waals surface area contributed by atoms with Crippen LogP contribution in [-0.2, 0) is 22.4 Å². The summed E-state index contributed by atoms with van der Waals surface area (Å²) in [6, 6.07) is 3.02. The van der Waals surface area contributed by atoms with Gasteiger partial charge < -0.3 is 15.5 Å². The number of carboxylic acids is 2. The van der Waals surface area contributed by atoms with Gasteiger partial charge in [0.15, 0.2) is 5.78 Å². The SMILES string of the molecule is O=C(CCC(F)(F)C(F)(F)C(F)(F)F)c1ccsc1C(=O)O.O=C(O)c1ccsc1C(=O)NCC(F)(F)C(F)(F)C(F)(F)F.O=C1c2ccsc2C(=O)N1CC(F)(F)C(F)(F)C(F)(F)F.O=S(Cl)Cl.[Br][Zn][Br]. The van der Waals surface area contributed by atoms with Gasteiger partial charge in [-0.3, -0.25) is 24.1 Å². The molecule has 0 aliphatic carbocycles. The summed E-state index contributed by atoms with van der Waals surface area (Å²) in [5.41, 5.74) is -1.40. The van der Waals surface area contributed by atoms with Crippen LogP contribution in [0.2, 0.25) is 0 Å². The summed E-state index contributed by atoms with van der Waals surface area (Å²) in [6.45, 7) is -4.66. The molecule has 4 heterocycles. The molecule has 3 amide bonds. The van der Waals surface area contributed by atoms with Gasteiger partial charge >= 0.3 is 106 Å². The standard InChI is InChI=1S/C11H7F7O3S.C10H6F7NO3S.C10H4F7NO2S.2BrH.Cl2OS.Zn/c12-9(13,10(14,15)11(16,17)18)3-1-6(19)5-2-4-22-7(5)8(20)21;11-8(12,9(13,14)10(15,16)17)3-18-6(19)5-4(7(20)21)1-2-22-5;11-8(12,9(13,14)10(15,16)17)3-18-6(19)4-1-2-21-5(4)7(18)20;;;1-4(2)3;/h2,4H,1,3H2,(H,20,21);1-2H,3H2,(H,18,19)(H,20,21);1-2H,3H2;2*1H;;/q;;;;;;+2/p-2. The molecule has 0 radical (unpaired) electrons. The number of alkyl halides is 21. The molecule has 0 unspecified atom stereocenters. The van der Waals surface area contributed by atoms with Crippen molar-refractivity contribution in [1.82, 2.24) is 10.2 Å². The molecule has 72 heavy (non-hydrogen) atoms. The Bertz CT molecular complexity index is 2280. The van der Waals surface area contributed by atoms with Crippen LogP contribution in [0.3, 0.4) is 0 Å². The first-order valence-electron chi connectivity index (χ1n) is 16.9. The monoisotopic (exact) mass is 1380 g/mol. The first-order valence-corrected chi connectivity index (χ1v) is 36.2. The number of Topliss-reactive ketones (excluding diaryl/α,β-unsaturated/α-hetero) is 1. The number of thiophene rings is 3. The molecule has 0 spiro atoms. The molecule has 4 rings (SSSR count). The van der Waals surface area contributed by atoms with Crippen molar-refractivity contribution in [3.05, 3.63) is 65.7 Å². The quantitative estimate of drug-likeness (QED) is 0.0466. The van der Waals surface area contributed by atoms with Crippen molar-refractivity contribution in [2.75, 3.05) is 13.1 Å². The average Bonchev–Trinajstić information content (AvgIpc) is 4.04. The second-order valence-corrected chi connectivity index (χ2v) is 31.9. The van der Waals surface area contributed by atoms with E-state index >= 15 is 0 Å². The van der Waals surface area contributed by atoms with Crippen LogP contribution in [0, 0.1) is 0 Å². The molecule has 0 saturated carbocycles. The van der Waals surface area contributed by atoms with Gasteiger partial charge in [-0.2, -0.15) is 92.2 Å². The fourth-order valence-electron chi connectivity index (χ4n) is 4.36. The molecule has 1 aliphatic heterocycles. The van der Waals surface area contributed by atoms with Gasteiger partial charge in [0, 0.05) is 39.8 Å². The van der Waals surface area contributed by atoms with E-state index in [2.05, 4.69) is 48.6 Å². The van der Waals surface area contributed by atoms with Crippen molar-refractivity contribution in [1.29, 1.82) is 0 Å². The van der Waals surface area contributed by atoms with Crippen LogP contribution >= 0.6 is 82.6 Å². The summed E-state index contributed by atoms with van der Waals surface area (Å²) in [4.78, 5) is 65.9. The van der Waals surface area contributed by atoms with E-state index in [0.29, 0.717) is 34.0 Å². The van der Waals surface area contributed by atoms with Crippen LogP contribution in [-0.4, -0.2) is 122 Å². The van der Waals surface area contributed by atoms with Crippen LogP contribution in [0.15, 0.2) is 34.3 Å². The van der Waals surface area contributed by atoms with Crippen LogP contribution in [0.1, 0.15) is 72.9 Å². The number of nitrogens with one attached hydrogen (secondary N) is 1. The normalized spacial score (nSPS) is 13.5. The van der Waals surface area contributed by atoms with Crippen molar-refractivity contribution in [3.8, 4) is 0 Å². The number of ketones is 1. The van der Waals surface area contributed by atoms with Gasteiger partial charge in [0.05, 0.1) is 24.2 Å². The van der Waals surface area contributed by atoms with Gasteiger partial charge in [-0.1, -0.05) is 0 Å². The third-order valence-electron chi connectivity index (χ3n) is 7.78. The maximum atomic E-state index is 13.2. The Morgan fingerprint density at radius 1 is 0.611 bits per heavy atom. The third kappa shape index (κ3) is 17.4. The predicted octanol–water partition coefficient (Wildman–Crippen LogP) is 13.2. The predicted molar refractivity (Wildman–Crippen MR) is 214 cm³/mol. The summed E-state index contributed by atoms with van der Waals surface area (Å²) in [5.74, 6) is -44.2. The maximum absolute atomic E-state index is 13.2. The molecule has 0 bridgehead atoms. The molecular weight excluding hydrogens is 1370 g/mol. The third-order valence-corrected chi connectivity index (χ3v) is 10.5. The fourth-order valence-corrected chi connectivity index (χ4v) is 6.74. The average molecular weight is 1380 g/mol. The molecule has 0 aromatic carbocycles. The van der Waals surface area contributed by atoms with E-state index in [-0.39, 0.29) is 28.5 Å². The summed E-state index contributed by atoms with van der Waals surface area (Å²) < 4.78 is 271. The Morgan fingerprint density at radius 3 is 1.40 bits per heavy atom. The van der Waals surface area contributed by atoms with Gasteiger partial charge in [-0.05, 0) is 34.3 Å². The zero-order valence-electron chi connectivity index (χ0n) is 33.3. The first kappa shape index (κ1) is 69.2. The van der Waals surface area contributed by atoms with Gasteiger partial charge in [0.2, 0.25) is 9.23 Å². The molecule has 3 aromatic rings. The zero-order chi connectivity index (χ0) is 57.2. The summed E-state index contributed by atoms with van der Waals surface area (Å²) in [5, 5.41) is 22.1. The van der Waals surface area contributed by atoms with Crippen LogP contribution < -0.4 is 5.32 Å². The van der Waals surface area contributed by atoms with E-state index in [1.54, 1.807) is 0 Å². The molecule has 0 atom stereocenters. The number of aromatic carboxylic acids is 2. The van der Waals surface area contributed by atoms with E-state index in [4.69, 9.17) is 14.4 Å². The molecule has 3 N–H and O–H groups in total. The Hall–Kier alpha value is -2.84. The Labute approximate surface area is 429 Å². The topological polar surface area (TPSA) is 175 Å². The number of carbonyl (C=O) groups is 6. The van der Waals surface area contributed by atoms with Crippen molar-refractivity contribution < 1.29 is 149 Å². The van der Waals surface area contributed by atoms with Crippen molar-refractivity contribution in [2.24, 2.45) is 0 Å². The number of halogens is 25. The van der Waals surface area contributed by atoms with Gasteiger partial charge in [0.1, 0.15) is 14.6 Å². The second-order valence-electron chi connectivity index (χ2n) is 12.5. The minimum absolute atomic E-state index is 0.250. The molecule has 0 saturated heterocycles. The number of hydrogen-bond donors (Lipinski definition) is 3. The zero-order valence-corrected chi connectivity index (χ0v) is 44.2. The second kappa shape index (κ2) is 26.3. The minimum atomic E-state index is -6.51. The number of nitrogens with zero attached hydrogens (tertiary/aromatic N) is 1. The number of amides is 3. The van der Waals surface area contributed by atoms with E-state index in [0.717, 1.165) is 29.0 Å². The van der Waals surface area contributed by atoms with Gasteiger partial charge in [0.25, 0.3) is 17.7 Å². The van der Waals surface area contributed by atoms with Gasteiger partial charge in [-0.15, -0.1) is 34.0 Å². The number of carbonyl (C=O) groups excluding carboxylic acids is 4. The van der Waals surface area contributed by atoms with Crippen LogP contribution in [0.4, 0.5) is 92.2 Å². The number of carboxylic acid groups (broad SMARTS) is 2. The molecule has 3 aromatic heterocycles. The molecular formula is C31H17Br2Cl2F21N2O9S4Zn. The molecule has 406 valence electrons. The number of hydrogen-bond acceptors (Lipinski definition) is 10. The van der Waals surface area contributed by atoms with Crippen LogP contribution in [0.5, 0.6) is 0 Å². The van der Waals surface area contributed by atoms with Crippen molar-refractivity contribution in [3.63, 3.8) is 0 Å². The number of fused-ring (bicyclic) bond motifs is 1. The van der Waals surface area contributed by atoms with E-state index in [9.17, 15) is 121 Å². The number of rotatable bonds is 14. The first-order chi connectivity index (χ1) is 32.2. The molecule has 41 heteroatoms. The molecule has 0 fully saturated rings. The van der Waals surface area contributed by atoms with Crippen molar-refractivity contribution in [2.45, 2.75) is 66.9 Å². The Kier molecular flexibility index (Phi) is 25.2. The Balaban J connectivity index is 0.000000983. The van der Waals surface area contributed by atoms with Crippen molar-refractivity contribution >= 4 is 127 Å². The molecule has 1 aliphatic rings. The summed E-state index contributed by atoms with van der Waals surface area (Å²) >= 11 is 8.05. The van der Waals surface area contributed by atoms with Crippen LogP contribution in [0.25, 0.3) is 0 Å². The van der Waals surface area contributed by atoms with E-state index < -0.39 is 146 Å². The summed E-state index contributed by atoms with van der Waals surface area (Å²) in [6.07, 6.45) is -22.9. The fraction of sp³-hybridized carbons (Fsp3) is 0.419. The Morgan fingerprint density at radius 2 is 1.00 bits per heavy atom. The number of imide groups is 1. The van der Waals surface area contributed by atoms with E-state index in [1.165, 1.54) is 10.7 Å². The van der Waals surface area contributed by atoms with Gasteiger partial charge in [-0.25, -0.2) is 13.8 Å². The van der Waals surface area contributed by atoms with E-state index in [1.807, 2.05) is 0 Å². The molecule has 11 nitrogen and oxygen atoms in total. The summed E-state index contributed by atoms with van der Waals surface area (Å²) in [7, 11) is 7.36.